The molecule has 1 aliphatic heterocycles. The first-order valence-electron chi connectivity index (χ1n) is 8.23. The first kappa shape index (κ1) is 17.0. The Morgan fingerprint density at radius 3 is 2.69 bits per heavy atom. The van der Waals surface area contributed by atoms with Crippen LogP contribution < -0.4 is 9.64 Å². The highest BCUT2D eigenvalue weighted by Gasteiger charge is 2.39. The Morgan fingerprint density at radius 2 is 2.04 bits per heavy atom. The van der Waals surface area contributed by atoms with Crippen LogP contribution in [0.15, 0.2) is 36.5 Å². The standard InChI is InChI=1S/C18H17ClF2N4O/c1-26-13-4-2-12(3-5-13)10-25-15-8-16(19)23-17(14(15)9-22-25)24-7-6-18(20,21)11-24/h2-5,8-9H,6-7,10-11H2,1H3. The summed E-state index contributed by atoms with van der Waals surface area (Å²) in [5, 5.41) is 5.40. The van der Waals surface area contributed by atoms with Crippen LogP contribution in [0.25, 0.3) is 10.9 Å². The molecule has 0 aliphatic carbocycles. The van der Waals surface area contributed by atoms with Crippen molar-refractivity contribution in [2.24, 2.45) is 0 Å². The third-order valence-corrected chi connectivity index (χ3v) is 4.74. The molecule has 136 valence electrons. The predicted octanol–water partition coefficient (Wildman–Crippen LogP) is 3.99. The Labute approximate surface area is 154 Å². The van der Waals surface area contributed by atoms with Gasteiger partial charge in [-0.2, -0.15) is 5.10 Å². The van der Waals surface area contributed by atoms with E-state index >= 15 is 0 Å². The van der Waals surface area contributed by atoms with Gasteiger partial charge in [0, 0.05) is 19.0 Å². The largest absolute Gasteiger partial charge is 0.497 e. The van der Waals surface area contributed by atoms with Gasteiger partial charge < -0.3 is 9.64 Å². The van der Waals surface area contributed by atoms with Crippen LogP contribution in [0.2, 0.25) is 5.15 Å². The maximum Gasteiger partial charge on any atom is 0.266 e. The van der Waals surface area contributed by atoms with Gasteiger partial charge in [0.05, 0.1) is 37.3 Å². The number of rotatable bonds is 4. The zero-order chi connectivity index (χ0) is 18.3. The Balaban J connectivity index is 1.69. The number of nitrogens with zero attached hydrogens (tertiary/aromatic N) is 4. The van der Waals surface area contributed by atoms with Gasteiger partial charge in [-0.15, -0.1) is 0 Å². The van der Waals surface area contributed by atoms with E-state index < -0.39 is 5.92 Å². The molecule has 0 bridgehead atoms. The number of anilines is 1. The van der Waals surface area contributed by atoms with Crippen molar-refractivity contribution in [2.75, 3.05) is 25.1 Å². The molecule has 5 nitrogen and oxygen atoms in total. The maximum atomic E-state index is 13.6. The molecule has 1 aromatic carbocycles. The van der Waals surface area contributed by atoms with Crippen LogP contribution in [0.5, 0.6) is 5.75 Å². The molecule has 2 aromatic heterocycles. The van der Waals surface area contributed by atoms with E-state index in [1.807, 2.05) is 24.3 Å². The highest BCUT2D eigenvalue weighted by molar-refractivity contribution is 6.30. The van der Waals surface area contributed by atoms with Gasteiger partial charge in [-0.05, 0) is 17.7 Å². The number of hydrogen-bond donors (Lipinski definition) is 0. The van der Waals surface area contributed by atoms with Crippen LogP contribution in [0.4, 0.5) is 14.6 Å². The van der Waals surface area contributed by atoms with E-state index in [2.05, 4.69) is 10.1 Å². The lowest BCUT2D eigenvalue weighted by atomic mass is 10.2. The summed E-state index contributed by atoms with van der Waals surface area (Å²) in [5.74, 6) is -1.45. The van der Waals surface area contributed by atoms with Crippen LogP contribution >= 0.6 is 11.6 Å². The number of benzene rings is 1. The fourth-order valence-electron chi connectivity index (χ4n) is 3.21. The fourth-order valence-corrected chi connectivity index (χ4v) is 3.40. The summed E-state index contributed by atoms with van der Waals surface area (Å²) < 4.78 is 34.2. The molecule has 4 rings (SSSR count). The van der Waals surface area contributed by atoms with Crippen molar-refractivity contribution in [3.05, 3.63) is 47.2 Å². The Bertz CT molecular complexity index is 942. The normalized spacial score (nSPS) is 16.4. The van der Waals surface area contributed by atoms with Gasteiger partial charge in [0.15, 0.2) is 0 Å². The molecule has 0 amide bonds. The summed E-state index contributed by atoms with van der Waals surface area (Å²) in [4.78, 5) is 5.86. The van der Waals surface area contributed by atoms with E-state index in [1.54, 1.807) is 29.0 Å². The monoisotopic (exact) mass is 378 g/mol. The van der Waals surface area contributed by atoms with Gasteiger partial charge in [0.25, 0.3) is 5.92 Å². The average molecular weight is 379 g/mol. The van der Waals surface area contributed by atoms with Crippen molar-refractivity contribution >= 4 is 28.3 Å². The summed E-state index contributed by atoms with van der Waals surface area (Å²) in [6.07, 6.45) is 1.48. The van der Waals surface area contributed by atoms with E-state index in [4.69, 9.17) is 16.3 Å². The maximum absolute atomic E-state index is 13.6. The summed E-state index contributed by atoms with van der Waals surface area (Å²) >= 11 is 6.16. The summed E-state index contributed by atoms with van der Waals surface area (Å²) in [6.45, 7) is 0.432. The minimum absolute atomic E-state index is 0.178. The lowest BCUT2D eigenvalue weighted by molar-refractivity contribution is 0.0257. The van der Waals surface area contributed by atoms with Crippen molar-refractivity contribution in [3.63, 3.8) is 0 Å². The van der Waals surface area contributed by atoms with Gasteiger partial charge in [-0.25, -0.2) is 13.8 Å². The summed E-state index contributed by atoms with van der Waals surface area (Å²) in [6, 6.07) is 9.39. The summed E-state index contributed by atoms with van der Waals surface area (Å²) in [7, 11) is 1.62. The fraction of sp³-hybridized carbons (Fsp3) is 0.333. The number of aromatic nitrogens is 3. The molecule has 0 atom stereocenters. The van der Waals surface area contributed by atoms with E-state index in [9.17, 15) is 8.78 Å². The Morgan fingerprint density at radius 1 is 1.27 bits per heavy atom. The second-order valence-electron chi connectivity index (χ2n) is 6.38. The highest BCUT2D eigenvalue weighted by Crippen LogP contribution is 2.34. The molecular weight excluding hydrogens is 362 g/mol. The number of methoxy groups -OCH3 is 1. The second kappa shape index (κ2) is 6.39. The lowest BCUT2D eigenvalue weighted by Crippen LogP contribution is -2.25. The smallest absolute Gasteiger partial charge is 0.266 e. The Kier molecular flexibility index (Phi) is 4.19. The molecule has 0 spiro atoms. The number of halogens is 3. The molecule has 0 unspecified atom stereocenters. The first-order chi connectivity index (χ1) is 12.4. The molecular formula is C18H17ClF2N4O. The number of hydrogen-bond acceptors (Lipinski definition) is 4. The molecule has 26 heavy (non-hydrogen) atoms. The number of pyridine rings is 1. The van der Waals surface area contributed by atoms with Crippen molar-refractivity contribution in [1.29, 1.82) is 0 Å². The third kappa shape index (κ3) is 3.19. The first-order valence-corrected chi connectivity index (χ1v) is 8.61. The molecule has 0 radical (unpaired) electrons. The van der Waals surface area contributed by atoms with Gasteiger partial charge >= 0.3 is 0 Å². The van der Waals surface area contributed by atoms with Crippen LogP contribution in [-0.4, -0.2) is 40.9 Å². The summed E-state index contributed by atoms with van der Waals surface area (Å²) in [5.41, 5.74) is 1.81. The third-order valence-electron chi connectivity index (χ3n) is 4.55. The van der Waals surface area contributed by atoms with Gasteiger partial charge in [0.1, 0.15) is 16.7 Å². The number of fused-ring (bicyclic) bond motifs is 1. The van der Waals surface area contributed by atoms with Crippen molar-refractivity contribution in [2.45, 2.75) is 18.9 Å². The van der Waals surface area contributed by atoms with Crippen molar-refractivity contribution in [3.8, 4) is 5.75 Å². The van der Waals surface area contributed by atoms with E-state index in [0.29, 0.717) is 12.4 Å². The van der Waals surface area contributed by atoms with E-state index in [0.717, 1.165) is 22.2 Å². The molecule has 1 saturated heterocycles. The predicted molar refractivity (Wildman–Crippen MR) is 96.4 cm³/mol. The van der Waals surface area contributed by atoms with Crippen molar-refractivity contribution < 1.29 is 13.5 Å². The van der Waals surface area contributed by atoms with E-state index in [-0.39, 0.29) is 24.7 Å². The second-order valence-corrected chi connectivity index (χ2v) is 6.77. The van der Waals surface area contributed by atoms with Crippen molar-refractivity contribution in [1.82, 2.24) is 14.8 Å². The molecule has 3 heterocycles. The average Bonchev–Trinajstić information content (AvgIpc) is 3.18. The quantitative estimate of drug-likeness (QED) is 0.644. The number of ether oxygens (including phenoxy) is 1. The van der Waals surface area contributed by atoms with E-state index in [1.165, 1.54) is 0 Å². The molecule has 1 aliphatic rings. The highest BCUT2D eigenvalue weighted by atomic mass is 35.5. The van der Waals surface area contributed by atoms with Crippen LogP contribution in [0.3, 0.4) is 0 Å². The topological polar surface area (TPSA) is 43.2 Å². The number of alkyl halides is 2. The molecule has 3 aromatic rings. The minimum atomic E-state index is -2.70. The molecule has 0 N–H and O–H groups in total. The molecule has 1 fully saturated rings. The van der Waals surface area contributed by atoms with Crippen LogP contribution in [-0.2, 0) is 6.54 Å². The van der Waals surface area contributed by atoms with Gasteiger partial charge in [0.2, 0.25) is 0 Å². The van der Waals surface area contributed by atoms with Gasteiger partial charge in [-0.1, -0.05) is 23.7 Å². The lowest BCUT2D eigenvalue weighted by Gasteiger charge is -2.18. The van der Waals surface area contributed by atoms with Crippen LogP contribution in [0, 0.1) is 0 Å². The van der Waals surface area contributed by atoms with Gasteiger partial charge in [-0.3, -0.25) is 4.68 Å². The zero-order valence-corrected chi connectivity index (χ0v) is 14.9. The molecule has 8 heteroatoms. The van der Waals surface area contributed by atoms with Crippen LogP contribution in [0.1, 0.15) is 12.0 Å². The SMILES string of the molecule is COc1ccc(Cn2ncc3c(N4CCC(F)(F)C4)nc(Cl)cc32)cc1. The minimum Gasteiger partial charge on any atom is -0.497 e. The molecule has 0 saturated carbocycles. The zero-order valence-electron chi connectivity index (χ0n) is 14.1. The Hall–Kier alpha value is -2.41.